The number of azo groups is 1. The van der Waals surface area contributed by atoms with Gasteiger partial charge in [-0.1, -0.05) is 59.7 Å². The van der Waals surface area contributed by atoms with E-state index in [1.165, 1.54) is 16.7 Å². The molecule has 3 aromatic carbocycles. The summed E-state index contributed by atoms with van der Waals surface area (Å²) in [6.45, 7) is 8.37. The molecule has 31 heavy (non-hydrogen) atoms. The maximum Gasteiger partial charge on any atom is 0.219 e. The predicted octanol–water partition coefficient (Wildman–Crippen LogP) is 6.64. The van der Waals surface area contributed by atoms with Crippen molar-refractivity contribution >= 4 is 22.9 Å². The minimum Gasteiger partial charge on any atom is -0.276 e. The Bertz CT molecular complexity index is 1150. The average Bonchev–Trinajstić information content (AvgIpc) is 2.75. The summed E-state index contributed by atoms with van der Waals surface area (Å²) in [7, 11) is 0. The molecule has 1 aliphatic heterocycles. The summed E-state index contributed by atoms with van der Waals surface area (Å²) in [4.78, 5) is 5.00. The molecule has 4 rings (SSSR count). The van der Waals surface area contributed by atoms with Crippen LogP contribution < -0.4 is 5.43 Å². The molecular formula is C26H27N5. The summed E-state index contributed by atoms with van der Waals surface area (Å²) in [5.41, 5.74) is 9.97. The van der Waals surface area contributed by atoms with E-state index in [-0.39, 0.29) is 5.54 Å². The van der Waals surface area contributed by atoms with E-state index in [1.54, 1.807) is 0 Å². The number of fused-ring (bicyclic) bond motifs is 1. The summed E-state index contributed by atoms with van der Waals surface area (Å²) in [5.74, 6) is 0.460. The first-order valence-electron chi connectivity index (χ1n) is 10.5. The zero-order valence-corrected chi connectivity index (χ0v) is 18.4. The smallest absolute Gasteiger partial charge is 0.219 e. The first-order chi connectivity index (χ1) is 14.9. The quantitative estimate of drug-likeness (QED) is 0.223. The molecule has 0 bridgehead atoms. The summed E-state index contributed by atoms with van der Waals surface area (Å²) in [6, 6.07) is 24.3. The standard InChI is InChI=1S/C26H27N5/c1-18-9-13-21(14-10-18)28-30-25(31-29-22-15-11-19(2)12-16-22)24-23-8-6-5-7-20(23)17-26(3,4)27-24/h5-16,28H,17H2,1-4H3/b30-25-,31-29?. The Labute approximate surface area is 183 Å². The number of anilines is 1. The number of nitrogens with one attached hydrogen (secondary N) is 1. The summed E-state index contributed by atoms with van der Waals surface area (Å²) in [6.07, 6.45) is 0.875. The minimum absolute atomic E-state index is 0.242. The van der Waals surface area contributed by atoms with Crippen molar-refractivity contribution in [2.75, 3.05) is 5.43 Å². The molecule has 0 aliphatic carbocycles. The normalized spacial score (nSPS) is 15.5. The van der Waals surface area contributed by atoms with Crippen molar-refractivity contribution in [3.05, 3.63) is 95.1 Å². The van der Waals surface area contributed by atoms with Crippen molar-refractivity contribution < 1.29 is 0 Å². The Balaban J connectivity index is 1.75. The van der Waals surface area contributed by atoms with Crippen molar-refractivity contribution in [2.24, 2.45) is 20.3 Å². The van der Waals surface area contributed by atoms with Gasteiger partial charge in [0.2, 0.25) is 5.84 Å². The zero-order valence-electron chi connectivity index (χ0n) is 18.4. The zero-order chi connectivity index (χ0) is 21.8. The molecular weight excluding hydrogens is 382 g/mol. The fourth-order valence-electron chi connectivity index (χ4n) is 3.53. The van der Waals surface area contributed by atoms with E-state index in [9.17, 15) is 0 Å². The van der Waals surface area contributed by atoms with Gasteiger partial charge in [-0.2, -0.15) is 5.10 Å². The first-order valence-corrected chi connectivity index (χ1v) is 10.5. The molecule has 1 N–H and O–H groups in total. The van der Waals surface area contributed by atoms with E-state index in [1.807, 2.05) is 54.6 Å². The van der Waals surface area contributed by atoms with Crippen LogP contribution >= 0.6 is 0 Å². The van der Waals surface area contributed by atoms with Gasteiger partial charge in [0, 0.05) is 5.56 Å². The summed E-state index contributed by atoms with van der Waals surface area (Å²) >= 11 is 0. The van der Waals surface area contributed by atoms with Gasteiger partial charge >= 0.3 is 0 Å². The summed E-state index contributed by atoms with van der Waals surface area (Å²) < 4.78 is 0. The SMILES string of the molecule is Cc1ccc(N=N/C(=N\Nc2ccc(C)cc2)C2=NC(C)(C)Cc3ccccc32)cc1. The van der Waals surface area contributed by atoms with Crippen LogP contribution in [0.4, 0.5) is 11.4 Å². The van der Waals surface area contributed by atoms with Crippen LogP contribution in [0.1, 0.15) is 36.1 Å². The van der Waals surface area contributed by atoms with Crippen LogP contribution in [0, 0.1) is 13.8 Å². The maximum absolute atomic E-state index is 5.00. The third kappa shape index (κ3) is 5.12. The van der Waals surface area contributed by atoms with Gasteiger partial charge in [-0.25, -0.2) is 0 Å². The van der Waals surface area contributed by atoms with Gasteiger partial charge in [-0.15, -0.1) is 10.2 Å². The molecule has 0 radical (unpaired) electrons. The predicted molar refractivity (Wildman–Crippen MR) is 129 cm³/mol. The van der Waals surface area contributed by atoms with Gasteiger partial charge < -0.3 is 0 Å². The molecule has 3 aromatic rings. The van der Waals surface area contributed by atoms with E-state index in [4.69, 9.17) is 4.99 Å². The molecule has 0 unspecified atom stereocenters. The molecule has 0 atom stereocenters. The lowest BCUT2D eigenvalue weighted by Crippen LogP contribution is -2.32. The highest BCUT2D eigenvalue weighted by atomic mass is 15.3. The second kappa shape index (κ2) is 8.64. The number of hydrogen-bond acceptors (Lipinski definition) is 4. The van der Waals surface area contributed by atoms with Crippen molar-refractivity contribution in [2.45, 2.75) is 39.7 Å². The number of aliphatic imine (C=N–C) groups is 1. The Morgan fingerprint density at radius 2 is 1.52 bits per heavy atom. The second-order valence-corrected chi connectivity index (χ2v) is 8.56. The van der Waals surface area contributed by atoms with Gasteiger partial charge in [0.05, 0.1) is 16.9 Å². The molecule has 5 heteroatoms. The van der Waals surface area contributed by atoms with Crippen LogP contribution in [0.25, 0.3) is 0 Å². The Morgan fingerprint density at radius 1 is 0.871 bits per heavy atom. The van der Waals surface area contributed by atoms with Crippen molar-refractivity contribution in [3.63, 3.8) is 0 Å². The number of benzene rings is 3. The van der Waals surface area contributed by atoms with E-state index < -0.39 is 0 Å². The maximum atomic E-state index is 5.00. The molecule has 0 fully saturated rings. The molecule has 0 aromatic heterocycles. The molecule has 1 heterocycles. The Hall–Kier alpha value is -3.60. The van der Waals surface area contributed by atoms with E-state index in [2.05, 4.69) is 66.6 Å². The third-order valence-corrected chi connectivity index (χ3v) is 5.16. The molecule has 5 nitrogen and oxygen atoms in total. The number of hydrogen-bond donors (Lipinski definition) is 1. The highest BCUT2D eigenvalue weighted by Gasteiger charge is 2.29. The van der Waals surface area contributed by atoms with Crippen LogP contribution in [0.3, 0.4) is 0 Å². The van der Waals surface area contributed by atoms with Crippen LogP contribution in [-0.4, -0.2) is 17.1 Å². The lowest BCUT2D eigenvalue weighted by molar-refractivity contribution is 0.514. The van der Waals surface area contributed by atoms with Crippen LogP contribution in [0.5, 0.6) is 0 Å². The van der Waals surface area contributed by atoms with Gasteiger partial charge in [-0.3, -0.25) is 10.4 Å². The topological polar surface area (TPSA) is 61.5 Å². The van der Waals surface area contributed by atoms with Gasteiger partial charge in [0.1, 0.15) is 5.71 Å². The molecule has 0 saturated carbocycles. The Morgan fingerprint density at radius 3 is 2.23 bits per heavy atom. The number of hydrazone groups is 1. The molecule has 0 spiro atoms. The van der Waals surface area contributed by atoms with Gasteiger partial charge in [0.15, 0.2) is 0 Å². The lowest BCUT2D eigenvalue weighted by atomic mass is 9.86. The average molecular weight is 410 g/mol. The first kappa shape index (κ1) is 20.7. The molecule has 0 amide bonds. The van der Waals surface area contributed by atoms with E-state index >= 15 is 0 Å². The highest BCUT2D eigenvalue weighted by Crippen LogP contribution is 2.28. The van der Waals surface area contributed by atoms with Crippen LogP contribution in [0.2, 0.25) is 0 Å². The fourth-order valence-corrected chi connectivity index (χ4v) is 3.53. The van der Waals surface area contributed by atoms with Crippen LogP contribution in [0.15, 0.2) is 93.1 Å². The number of aryl methyl sites for hydroxylation is 2. The van der Waals surface area contributed by atoms with Crippen molar-refractivity contribution in [1.29, 1.82) is 0 Å². The van der Waals surface area contributed by atoms with Gasteiger partial charge in [-0.05, 0) is 63.9 Å². The van der Waals surface area contributed by atoms with Gasteiger partial charge in [0.25, 0.3) is 0 Å². The monoisotopic (exact) mass is 409 g/mol. The van der Waals surface area contributed by atoms with Crippen molar-refractivity contribution in [1.82, 2.24) is 0 Å². The molecule has 156 valence electrons. The van der Waals surface area contributed by atoms with Crippen LogP contribution in [-0.2, 0) is 6.42 Å². The van der Waals surface area contributed by atoms with E-state index in [0.717, 1.165) is 29.1 Å². The second-order valence-electron chi connectivity index (χ2n) is 8.56. The highest BCUT2D eigenvalue weighted by molar-refractivity contribution is 6.48. The molecule has 0 saturated heterocycles. The van der Waals surface area contributed by atoms with Crippen molar-refractivity contribution in [3.8, 4) is 0 Å². The lowest BCUT2D eigenvalue weighted by Gasteiger charge is -2.28. The van der Waals surface area contributed by atoms with E-state index in [0.29, 0.717) is 5.84 Å². The number of rotatable bonds is 4. The largest absolute Gasteiger partial charge is 0.276 e. The third-order valence-electron chi connectivity index (χ3n) is 5.16. The summed E-state index contributed by atoms with van der Waals surface area (Å²) in [5, 5.41) is 13.6. The number of nitrogens with zero attached hydrogens (tertiary/aromatic N) is 4. The Kier molecular flexibility index (Phi) is 5.76. The molecule has 1 aliphatic rings. The fraction of sp³-hybridized carbons (Fsp3) is 0.231. The number of amidine groups is 1. The minimum atomic E-state index is -0.242.